The number of aromatic nitrogens is 2. The Kier molecular flexibility index (Phi) is 6.60. The Bertz CT molecular complexity index is 916. The summed E-state index contributed by atoms with van der Waals surface area (Å²) in [5.74, 6) is 0.900. The van der Waals surface area contributed by atoms with Crippen molar-refractivity contribution in [3.8, 4) is 5.75 Å². The first-order valence-electron chi connectivity index (χ1n) is 8.85. The third-order valence-electron chi connectivity index (χ3n) is 3.97. The number of benzene rings is 2. The Labute approximate surface area is 169 Å². The number of hydrogen-bond donors (Lipinski definition) is 1. The molecule has 7 heteroatoms. The van der Waals surface area contributed by atoms with E-state index in [9.17, 15) is 0 Å². The fraction of sp³-hybridized carbons (Fsp3) is 0.300. The third kappa shape index (κ3) is 5.63. The van der Waals surface area contributed by atoms with Crippen LogP contribution in [-0.4, -0.2) is 28.3 Å². The van der Waals surface area contributed by atoms with Crippen molar-refractivity contribution in [2.75, 3.05) is 19.0 Å². The van der Waals surface area contributed by atoms with Crippen LogP contribution in [0.4, 0.5) is 10.8 Å². The molecule has 27 heavy (non-hydrogen) atoms. The fourth-order valence-electron chi connectivity index (χ4n) is 2.65. The first-order valence-corrected chi connectivity index (χ1v) is 10.1. The zero-order valence-corrected chi connectivity index (χ0v) is 17.4. The summed E-state index contributed by atoms with van der Waals surface area (Å²) in [4.78, 5) is 2.18. The maximum atomic E-state index is 5.49. The highest BCUT2D eigenvalue weighted by atomic mass is 32.1. The Morgan fingerprint density at radius 1 is 1.15 bits per heavy atom. The fourth-order valence-corrected chi connectivity index (χ4v) is 3.67. The molecule has 0 saturated carbocycles. The summed E-state index contributed by atoms with van der Waals surface area (Å²) >= 11 is 6.96. The van der Waals surface area contributed by atoms with Gasteiger partial charge in [0.15, 0.2) is 3.95 Å². The summed E-state index contributed by atoms with van der Waals surface area (Å²) in [6.07, 6.45) is 0. The molecule has 0 atom stereocenters. The summed E-state index contributed by atoms with van der Waals surface area (Å²) < 4.78 is 8.09. The van der Waals surface area contributed by atoms with Crippen LogP contribution < -0.4 is 10.1 Å². The highest BCUT2D eigenvalue weighted by molar-refractivity contribution is 7.73. The van der Waals surface area contributed by atoms with Crippen LogP contribution in [0.2, 0.25) is 0 Å². The first kappa shape index (κ1) is 19.5. The summed E-state index contributed by atoms with van der Waals surface area (Å²) in [6, 6.07) is 16.4. The first-order chi connectivity index (χ1) is 13.0. The summed E-state index contributed by atoms with van der Waals surface area (Å²) in [5.41, 5.74) is 3.47. The standard InChI is InChI=1S/C20H24N4OS2/c1-4-25-18-11-7-16(8-12-18)13-23(3)14-24-20(26)27-19(22-24)21-17-9-5-15(2)6-10-17/h5-12H,4,13-14H2,1-3H3,(H,21,22). The molecule has 0 bridgehead atoms. The molecule has 3 rings (SSSR count). The monoisotopic (exact) mass is 400 g/mol. The number of nitrogens with one attached hydrogen (secondary N) is 1. The molecule has 0 saturated heterocycles. The van der Waals surface area contributed by atoms with Gasteiger partial charge in [0, 0.05) is 12.2 Å². The predicted molar refractivity (Wildman–Crippen MR) is 114 cm³/mol. The average molecular weight is 401 g/mol. The van der Waals surface area contributed by atoms with Crippen molar-refractivity contribution in [1.82, 2.24) is 14.7 Å². The second-order valence-electron chi connectivity index (χ2n) is 6.40. The van der Waals surface area contributed by atoms with E-state index in [0.717, 1.165) is 27.1 Å². The van der Waals surface area contributed by atoms with E-state index in [2.05, 4.69) is 53.6 Å². The lowest BCUT2D eigenvalue weighted by atomic mass is 10.2. The van der Waals surface area contributed by atoms with E-state index in [1.807, 2.05) is 35.9 Å². The lowest BCUT2D eigenvalue weighted by Gasteiger charge is -2.16. The second-order valence-corrected chi connectivity index (χ2v) is 8.02. The molecular formula is C20H24N4OS2. The molecule has 0 unspecified atom stereocenters. The molecule has 3 aromatic rings. The van der Waals surface area contributed by atoms with Crippen LogP contribution in [-0.2, 0) is 13.2 Å². The summed E-state index contributed by atoms with van der Waals surface area (Å²) in [6.45, 7) is 6.19. The van der Waals surface area contributed by atoms with Gasteiger partial charge < -0.3 is 10.1 Å². The van der Waals surface area contributed by atoms with Crippen LogP contribution >= 0.6 is 23.6 Å². The van der Waals surface area contributed by atoms with Crippen LogP contribution in [0.5, 0.6) is 5.75 Å². The molecule has 0 aliphatic heterocycles. The minimum Gasteiger partial charge on any atom is -0.494 e. The second kappa shape index (κ2) is 9.12. The Morgan fingerprint density at radius 2 is 1.85 bits per heavy atom. The van der Waals surface area contributed by atoms with E-state index < -0.39 is 0 Å². The molecular weight excluding hydrogens is 376 g/mol. The molecule has 0 amide bonds. The van der Waals surface area contributed by atoms with Crippen molar-refractivity contribution in [2.45, 2.75) is 27.1 Å². The van der Waals surface area contributed by atoms with Gasteiger partial charge in [-0.25, -0.2) is 4.68 Å². The quantitative estimate of drug-likeness (QED) is 0.526. The van der Waals surface area contributed by atoms with Gasteiger partial charge in [-0.3, -0.25) is 4.90 Å². The zero-order chi connectivity index (χ0) is 19.2. The van der Waals surface area contributed by atoms with Gasteiger partial charge in [0.2, 0.25) is 5.13 Å². The normalized spacial score (nSPS) is 11.0. The summed E-state index contributed by atoms with van der Waals surface area (Å²) in [5, 5.41) is 8.73. The molecule has 5 nitrogen and oxygen atoms in total. The van der Waals surface area contributed by atoms with Crippen LogP contribution in [0.1, 0.15) is 18.1 Å². The highest BCUT2D eigenvalue weighted by Crippen LogP contribution is 2.21. The van der Waals surface area contributed by atoms with Gasteiger partial charge in [0.25, 0.3) is 0 Å². The number of aryl methyl sites for hydroxylation is 1. The van der Waals surface area contributed by atoms with Crippen molar-refractivity contribution < 1.29 is 4.74 Å². The van der Waals surface area contributed by atoms with E-state index in [4.69, 9.17) is 17.0 Å². The Hall–Kier alpha value is -2.22. The van der Waals surface area contributed by atoms with Gasteiger partial charge in [-0.15, -0.1) is 5.10 Å². The molecule has 142 valence electrons. The molecule has 0 radical (unpaired) electrons. The Morgan fingerprint density at radius 3 is 2.52 bits per heavy atom. The van der Waals surface area contributed by atoms with E-state index in [0.29, 0.717) is 13.3 Å². The maximum Gasteiger partial charge on any atom is 0.209 e. The van der Waals surface area contributed by atoms with Crippen molar-refractivity contribution in [3.63, 3.8) is 0 Å². The van der Waals surface area contributed by atoms with Crippen LogP contribution in [0, 0.1) is 10.9 Å². The van der Waals surface area contributed by atoms with Crippen molar-refractivity contribution in [3.05, 3.63) is 63.6 Å². The number of anilines is 2. The van der Waals surface area contributed by atoms with Gasteiger partial charge in [-0.1, -0.05) is 41.2 Å². The van der Waals surface area contributed by atoms with Crippen LogP contribution in [0.3, 0.4) is 0 Å². The predicted octanol–water partition coefficient (Wildman–Crippen LogP) is 5.21. The molecule has 1 aromatic heterocycles. The van der Waals surface area contributed by atoms with Crippen molar-refractivity contribution >= 4 is 34.4 Å². The maximum absolute atomic E-state index is 5.49. The van der Waals surface area contributed by atoms with Crippen molar-refractivity contribution in [1.29, 1.82) is 0 Å². The molecule has 0 aliphatic carbocycles. The van der Waals surface area contributed by atoms with Crippen LogP contribution in [0.15, 0.2) is 48.5 Å². The largest absolute Gasteiger partial charge is 0.494 e. The van der Waals surface area contributed by atoms with Crippen molar-refractivity contribution in [2.24, 2.45) is 0 Å². The van der Waals surface area contributed by atoms with E-state index in [1.54, 1.807) is 0 Å². The number of rotatable bonds is 8. The number of nitrogens with zero attached hydrogens (tertiary/aromatic N) is 3. The Balaban J connectivity index is 1.60. The highest BCUT2D eigenvalue weighted by Gasteiger charge is 2.08. The zero-order valence-electron chi connectivity index (χ0n) is 15.8. The van der Waals surface area contributed by atoms with Gasteiger partial charge in [-0.05, 0) is 62.9 Å². The molecule has 1 heterocycles. The van der Waals surface area contributed by atoms with Gasteiger partial charge in [0.1, 0.15) is 5.75 Å². The number of ether oxygens (including phenoxy) is 1. The molecule has 0 aliphatic rings. The molecule has 0 spiro atoms. The van der Waals surface area contributed by atoms with E-state index in [-0.39, 0.29) is 0 Å². The molecule has 0 fully saturated rings. The SMILES string of the molecule is CCOc1ccc(CN(C)Cn2nc(Nc3ccc(C)cc3)sc2=S)cc1. The lowest BCUT2D eigenvalue weighted by molar-refractivity contribution is 0.245. The third-order valence-corrected chi connectivity index (χ3v) is 5.19. The average Bonchev–Trinajstić information content (AvgIpc) is 2.98. The topological polar surface area (TPSA) is 42.3 Å². The number of hydrogen-bond acceptors (Lipinski definition) is 6. The van der Waals surface area contributed by atoms with Gasteiger partial charge in [0.05, 0.1) is 13.3 Å². The van der Waals surface area contributed by atoms with E-state index >= 15 is 0 Å². The molecule has 2 aromatic carbocycles. The van der Waals surface area contributed by atoms with E-state index in [1.165, 1.54) is 22.5 Å². The summed E-state index contributed by atoms with van der Waals surface area (Å²) in [7, 11) is 2.06. The minimum absolute atomic E-state index is 0.637. The van der Waals surface area contributed by atoms with Gasteiger partial charge >= 0.3 is 0 Å². The molecule has 1 N–H and O–H groups in total. The van der Waals surface area contributed by atoms with Gasteiger partial charge in [-0.2, -0.15) is 0 Å². The minimum atomic E-state index is 0.637. The lowest BCUT2D eigenvalue weighted by Crippen LogP contribution is -2.22. The smallest absolute Gasteiger partial charge is 0.209 e. The van der Waals surface area contributed by atoms with Crippen LogP contribution in [0.25, 0.3) is 0 Å².